The molecular formula is C125H260N12O5. The van der Waals surface area contributed by atoms with Gasteiger partial charge in [-0.15, -0.1) is 0 Å². The van der Waals surface area contributed by atoms with E-state index in [1.165, 1.54) is 227 Å². The Kier molecular flexibility index (Phi) is 57.4. The average Bonchev–Trinajstić information content (AvgIpc) is 1.47. The quantitative estimate of drug-likeness (QED) is 0.150. The Bertz CT molecular complexity index is 3140. The number of hydrogen-bond acceptors (Lipinski definition) is 17. The Morgan fingerprint density at radius 3 is 0.951 bits per heavy atom. The monoisotopic (exact) mass is 2010 g/mol. The molecule has 0 aromatic heterocycles. The zero-order valence-corrected chi connectivity index (χ0v) is 106. The summed E-state index contributed by atoms with van der Waals surface area (Å²) >= 11 is 0. The van der Waals surface area contributed by atoms with Crippen molar-refractivity contribution in [1.82, 2.24) is 59.2 Å². The predicted molar refractivity (Wildman–Crippen MR) is 625 cm³/mol. The standard InChI is InChI=1S/C17H34N2O.C16H34N2O2.C14H30N2.C14H29N.C13H26O.C13H26.C12H24N2O.C11H24N2.C10H21N.C5H12/c1-15(2,3)13-18-9-7-17(8-10-18)14-19(11-12-20-17)16(4,5)6;1-15(2,3)19-13-11-17-7-9-18(10-8-17)12-14-20-16(4,5)6;1-13(2,3)11-15-7-9-16(10-8-15)12-14(4,5)6;1-13(2,3)11-15-9-7-12(8-10-15)14(4,5)6;1-12(2,3)8-10-7-11(10)9-14-13(4,5)6;1-12(2,3)8-10-7-11(10)9-13(4,5)6;1-11(2,3)14-7-4-12(5-8-14)10-13-6-9-15-12;1-11(2,3)10-13-7-5-6-12(4)8-9-13;1-9-5-6-11(7-9)8-10(2,3)4;1-5(2,3)4/h2*7-14H2,1-6H3;7-12H2,1-6H3;12H,7-11H2,1-6H3;10-11H,7-9H2,1-6H3;10-11H,7-9H2,1-6H3;13H,4-10H2,1-3H3;5-10H2,1-4H3;9H,5-8H2,1-4H3;1-4H3. The molecular weight excluding hydrogens is 1750 g/mol. The Hall–Kier alpha value is -0.680. The summed E-state index contributed by atoms with van der Waals surface area (Å²) in [5, 5.41) is 3.46. The molecule has 0 radical (unpaired) electrons. The number of piperidine rings is 3. The molecule has 17 heteroatoms. The Morgan fingerprint density at radius 2 is 0.620 bits per heavy atom. The van der Waals surface area contributed by atoms with Crippen molar-refractivity contribution in [3.05, 3.63) is 0 Å². The van der Waals surface area contributed by atoms with Crippen LogP contribution in [0, 0.1) is 95.1 Å². The molecule has 2 saturated carbocycles. The molecule has 1 N–H and O–H groups in total. The molecule has 850 valence electrons. The molecule has 0 amide bonds. The van der Waals surface area contributed by atoms with E-state index in [1.54, 1.807) is 0 Å². The molecule has 2 spiro atoms. The molecule has 9 saturated heterocycles. The molecule has 17 nitrogen and oxygen atoms in total. The number of likely N-dealkylation sites (N-methyl/N-ethyl adjacent to an activating group) is 1. The molecule has 0 aromatic rings. The van der Waals surface area contributed by atoms with E-state index in [2.05, 4.69) is 412 Å². The van der Waals surface area contributed by atoms with Crippen molar-refractivity contribution in [1.29, 1.82) is 0 Å². The van der Waals surface area contributed by atoms with Gasteiger partial charge >= 0.3 is 0 Å². The van der Waals surface area contributed by atoms with Gasteiger partial charge in [-0.1, -0.05) is 242 Å². The lowest BCUT2D eigenvalue weighted by Gasteiger charge is -2.51. The third-order valence-corrected chi connectivity index (χ3v) is 28.3. The summed E-state index contributed by atoms with van der Waals surface area (Å²) in [5.41, 5.74) is 6.06. The zero-order chi connectivity index (χ0) is 109. The largest absolute Gasteiger partial charge is 0.376 e. The third-order valence-electron chi connectivity index (χ3n) is 28.3. The predicted octanol–water partition coefficient (Wildman–Crippen LogP) is 27.4. The molecule has 11 aliphatic rings. The third kappa shape index (κ3) is 73.6. The first kappa shape index (κ1) is 137. The SMILES string of the molecule is CC(C)(C)C.CC(C)(C)CC1CC1CC(C)(C)C.CC(C)(C)CC1CC1COC(C)(C)C.CC(C)(C)CN1CCC(C(C)(C)C)CC1.CC(C)(C)CN1CCC2(CC1)CN(C(C)(C)C)CCO2.CC(C)(C)CN1CCN(CC(C)(C)C)CC1.CC(C)(C)N1CCC2(CC1)CNCCO2.CC(C)(C)OCCN1CCN(CCOC(C)(C)C)CC1.CC1CCN(CC(C)(C)C)C1.CN1CCCN(CC(C)(C)C)CC1. The van der Waals surface area contributed by atoms with E-state index in [4.69, 9.17) is 23.7 Å². The number of rotatable bonds is 17. The minimum Gasteiger partial charge on any atom is -0.376 e. The van der Waals surface area contributed by atoms with Gasteiger partial charge in [-0.3, -0.25) is 19.6 Å². The minimum atomic E-state index is -0.0217. The van der Waals surface area contributed by atoms with Crippen molar-refractivity contribution < 1.29 is 23.7 Å². The summed E-state index contributed by atoms with van der Waals surface area (Å²) in [7, 11) is 2.22. The summed E-state index contributed by atoms with van der Waals surface area (Å²) in [5.74, 6) is 5.70. The highest BCUT2D eigenvalue weighted by Gasteiger charge is 2.46. The number of hydrogen-bond donors (Lipinski definition) is 1. The fraction of sp³-hybridized carbons (Fsp3) is 1.00. The first-order chi connectivity index (χ1) is 63.9. The van der Waals surface area contributed by atoms with Crippen LogP contribution in [0.3, 0.4) is 0 Å². The van der Waals surface area contributed by atoms with E-state index in [0.29, 0.717) is 65.1 Å². The maximum absolute atomic E-state index is 6.24. The van der Waals surface area contributed by atoms with Gasteiger partial charge < -0.3 is 63.3 Å². The van der Waals surface area contributed by atoms with Crippen LogP contribution < -0.4 is 5.32 Å². The Labute approximate surface area is 890 Å². The molecule has 0 bridgehead atoms. The fourth-order valence-electron chi connectivity index (χ4n) is 21.5. The van der Waals surface area contributed by atoms with Crippen LogP contribution in [0.15, 0.2) is 0 Å². The van der Waals surface area contributed by atoms with Gasteiger partial charge in [-0.05, 0) is 322 Å². The number of nitrogens with zero attached hydrogens (tertiary/aromatic N) is 11. The highest BCUT2D eigenvalue weighted by atomic mass is 16.5. The second-order valence-corrected chi connectivity index (χ2v) is 65.5. The van der Waals surface area contributed by atoms with Crippen LogP contribution in [0.4, 0.5) is 0 Å². The molecule has 9 aliphatic heterocycles. The van der Waals surface area contributed by atoms with Gasteiger partial charge in [0.1, 0.15) is 0 Å². The van der Waals surface area contributed by atoms with Crippen LogP contribution in [0.5, 0.6) is 0 Å². The van der Waals surface area contributed by atoms with E-state index < -0.39 is 0 Å². The van der Waals surface area contributed by atoms with Gasteiger partial charge in [0.05, 0.1) is 61.0 Å². The molecule has 142 heavy (non-hydrogen) atoms. The van der Waals surface area contributed by atoms with Crippen LogP contribution >= 0.6 is 0 Å². The van der Waals surface area contributed by atoms with Crippen molar-refractivity contribution in [2.75, 3.05) is 250 Å². The molecule has 11 fully saturated rings. The van der Waals surface area contributed by atoms with Crippen LogP contribution in [0.2, 0.25) is 0 Å². The van der Waals surface area contributed by atoms with Crippen molar-refractivity contribution in [2.45, 2.75) is 469 Å². The topological polar surface area (TPSA) is 93.8 Å². The smallest absolute Gasteiger partial charge is 0.0834 e. The zero-order valence-electron chi connectivity index (χ0n) is 106. The van der Waals surface area contributed by atoms with Gasteiger partial charge in [-0.25, -0.2) is 0 Å². The van der Waals surface area contributed by atoms with Crippen molar-refractivity contribution in [2.24, 2.45) is 95.1 Å². The Morgan fingerprint density at radius 1 is 0.303 bits per heavy atom. The summed E-state index contributed by atoms with van der Waals surface area (Å²) in [6.45, 7) is 157. The maximum Gasteiger partial charge on any atom is 0.0834 e. The van der Waals surface area contributed by atoms with Gasteiger partial charge in [0.2, 0.25) is 0 Å². The average molecular weight is 2010 g/mol. The second kappa shape index (κ2) is 59.3. The highest BCUT2D eigenvalue weighted by Crippen LogP contribution is 2.52. The van der Waals surface area contributed by atoms with Crippen LogP contribution in [0.1, 0.15) is 430 Å². The van der Waals surface area contributed by atoms with E-state index >= 15 is 0 Å². The Balaban J connectivity index is 0.000000539. The summed E-state index contributed by atoms with van der Waals surface area (Å²) in [6, 6.07) is 0. The van der Waals surface area contributed by atoms with Crippen LogP contribution in [-0.2, 0) is 23.7 Å². The van der Waals surface area contributed by atoms with Crippen molar-refractivity contribution in [3.8, 4) is 0 Å². The molecule has 0 aromatic carbocycles. The second-order valence-electron chi connectivity index (χ2n) is 65.5. The lowest BCUT2D eigenvalue weighted by molar-refractivity contribution is -0.152. The number of piperazine rings is 2. The van der Waals surface area contributed by atoms with E-state index in [0.717, 1.165) is 134 Å². The number of ether oxygens (including phenoxy) is 5. The molecule has 5 unspecified atom stereocenters. The maximum atomic E-state index is 6.24. The lowest BCUT2D eigenvalue weighted by atomic mass is 9.75. The molecule has 2 aliphatic carbocycles. The van der Waals surface area contributed by atoms with E-state index in [9.17, 15) is 0 Å². The molecule has 5 atom stereocenters. The van der Waals surface area contributed by atoms with Crippen molar-refractivity contribution in [3.63, 3.8) is 0 Å². The number of likely N-dealkylation sites (tertiary alicyclic amines) is 4. The van der Waals surface area contributed by atoms with E-state index in [1.807, 2.05) is 0 Å². The fourth-order valence-corrected chi connectivity index (χ4v) is 21.5. The first-order valence-electron chi connectivity index (χ1n) is 58.8. The number of morpholine rings is 2. The van der Waals surface area contributed by atoms with Gasteiger partial charge in [0.15, 0.2) is 0 Å². The highest BCUT2D eigenvalue weighted by molar-refractivity contribution is 4.99. The van der Waals surface area contributed by atoms with Crippen molar-refractivity contribution >= 4 is 0 Å². The van der Waals surface area contributed by atoms with E-state index in [-0.39, 0.29) is 33.5 Å². The normalized spacial score (nSPS) is 24.2. The van der Waals surface area contributed by atoms with Gasteiger partial charge in [0, 0.05) is 188 Å². The first-order valence-corrected chi connectivity index (χ1v) is 58.8. The summed E-state index contributed by atoms with van der Waals surface area (Å²) < 4.78 is 29.6. The molecule has 9 heterocycles. The lowest BCUT2D eigenvalue weighted by Crippen LogP contribution is -2.60. The van der Waals surface area contributed by atoms with Crippen LogP contribution in [0.25, 0.3) is 0 Å². The molecule has 11 rings (SSSR count). The number of nitrogens with one attached hydrogen (secondary N) is 1. The van der Waals surface area contributed by atoms with Gasteiger partial charge in [-0.2, -0.15) is 0 Å². The van der Waals surface area contributed by atoms with Gasteiger partial charge in [0.25, 0.3) is 0 Å². The summed E-state index contributed by atoms with van der Waals surface area (Å²) in [4.78, 5) is 28.3. The van der Waals surface area contributed by atoms with Crippen LogP contribution in [-0.4, -0.2) is 342 Å². The summed E-state index contributed by atoms with van der Waals surface area (Å²) in [6.07, 6.45) is 17.3. The minimum absolute atomic E-state index is 0.0217.